The second-order valence-electron chi connectivity index (χ2n) is 4.79. The molecule has 0 aliphatic heterocycles. The van der Waals surface area contributed by atoms with E-state index in [2.05, 4.69) is 37.0 Å². The molecule has 0 atom stereocenters. The summed E-state index contributed by atoms with van der Waals surface area (Å²) in [5.41, 5.74) is 4.38. The molecule has 0 unspecified atom stereocenters. The molecule has 0 fully saturated rings. The van der Waals surface area contributed by atoms with Gasteiger partial charge >= 0.3 is 0 Å². The molecule has 18 heavy (non-hydrogen) atoms. The number of benzene rings is 1. The third-order valence-corrected chi connectivity index (χ3v) is 2.83. The summed E-state index contributed by atoms with van der Waals surface area (Å²) >= 11 is 0. The summed E-state index contributed by atoms with van der Waals surface area (Å²) in [6.07, 6.45) is 1.98. The third kappa shape index (κ3) is 2.53. The molecule has 94 valence electrons. The van der Waals surface area contributed by atoms with Crippen molar-refractivity contribution in [3.63, 3.8) is 0 Å². The molecule has 1 aromatic carbocycles. The van der Waals surface area contributed by atoms with Gasteiger partial charge in [-0.2, -0.15) is 0 Å². The van der Waals surface area contributed by atoms with Gasteiger partial charge in [-0.15, -0.1) is 0 Å². The number of nitrogens with zero attached hydrogens (tertiary/aromatic N) is 1. The third-order valence-electron chi connectivity index (χ3n) is 2.83. The number of hydrogen-bond acceptors (Lipinski definition) is 2. The topological polar surface area (TPSA) is 22.1 Å². The van der Waals surface area contributed by atoms with Crippen molar-refractivity contribution in [3.8, 4) is 17.0 Å². The Morgan fingerprint density at radius 2 is 1.72 bits per heavy atom. The first-order chi connectivity index (χ1) is 8.59. The second-order valence-corrected chi connectivity index (χ2v) is 4.79. The van der Waals surface area contributed by atoms with E-state index in [4.69, 9.17) is 4.74 Å². The molecule has 0 saturated heterocycles. The number of para-hydroxylation sites is 1. The van der Waals surface area contributed by atoms with Crippen LogP contribution in [0.3, 0.4) is 0 Å². The maximum Gasteiger partial charge on any atom is 0.131 e. The van der Waals surface area contributed by atoms with Crippen LogP contribution >= 0.6 is 0 Å². The van der Waals surface area contributed by atoms with E-state index >= 15 is 0 Å². The average Bonchev–Trinajstić information content (AvgIpc) is 2.32. The van der Waals surface area contributed by atoms with Crippen LogP contribution in [0.1, 0.15) is 25.0 Å². The molecule has 0 amide bonds. The summed E-state index contributed by atoms with van der Waals surface area (Å²) in [6, 6.07) is 10.2. The molecule has 0 saturated carbocycles. The van der Waals surface area contributed by atoms with E-state index in [1.54, 1.807) is 0 Å². The molecular weight excluding hydrogens is 222 g/mol. The van der Waals surface area contributed by atoms with Crippen molar-refractivity contribution in [1.82, 2.24) is 4.98 Å². The fourth-order valence-electron chi connectivity index (χ4n) is 2.00. The summed E-state index contributed by atoms with van der Waals surface area (Å²) in [7, 11) is 0. The summed E-state index contributed by atoms with van der Waals surface area (Å²) < 4.78 is 5.95. The summed E-state index contributed by atoms with van der Waals surface area (Å²) in [6.45, 7) is 8.23. The molecule has 0 bridgehead atoms. The van der Waals surface area contributed by atoms with Gasteiger partial charge in [0, 0.05) is 11.8 Å². The molecule has 2 heteroatoms. The zero-order valence-electron chi connectivity index (χ0n) is 11.4. The lowest BCUT2D eigenvalue weighted by Gasteiger charge is -2.17. The van der Waals surface area contributed by atoms with E-state index in [0.717, 1.165) is 28.1 Å². The Labute approximate surface area is 109 Å². The predicted molar refractivity (Wildman–Crippen MR) is 74.9 cm³/mol. The molecular formula is C16H19NO. The lowest BCUT2D eigenvalue weighted by Crippen LogP contribution is -2.08. The minimum Gasteiger partial charge on any atom is -0.490 e. The van der Waals surface area contributed by atoms with Crippen LogP contribution in [0.25, 0.3) is 11.3 Å². The lowest BCUT2D eigenvalue weighted by atomic mass is 10.0. The summed E-state index contributed by atoms with van der Waals surface area (Å²) in [5, 5.41) is 0. The van der Waals surface area contributed by atoms with E-state index < -0.39 is 0 Å². The standard InChI is InChI=1S/C16H19NO/c1-11(2)18-16-13(4)7-5-9-14(16)15-12(3)8-6-10-17-15/h5-11H,1-4H3. The molecule has 0 aliphatic carbocycles. The Morgan fingerprint density at radius 1 is 1.00 bits per heavy atom. The van der Waals surface area contributed by atoms with Gasteiger partial charge in [0.25, 0.3) is 0 Å². The highest BCUT2D eigenvalue weighted by Gasteiger charge is 2.13. The Kier molecular flexibility index (Phi) is 3.66. The van der Waals surface area contributed by atoms with E-state index in [1.807, 2.05) is 32.2 Å². The number of ether oxygens (including phenoxy) is 1. The van der Waals surface area contributed by atoms with Crippen LogP contribution in [0.2, 0.25) is 0 Å². The molecule has 0 aliphatic rings. The first kappa shape index (κ1) is 12.6. The van der Waals surface area contributed by atoms with E-state index in [0.29, 0.717) is 0 Å². The SMILES string of the molecule is Cc1cccnc1-c1cccc(C)c1OC(C)C. The van der Waals surface area contributed by atoms with Crippen LogP contribution in [-0.2, 0) is 0 Å². The van der Waals surface area contributed by atoms with Crippen molar-refractivity contribution in [3.05, 3.63) is 47.7 Å². The normalized spacial score (nSPS) is 10.7. The van der Waals surface area contributed by atoms with Gasteiger partial charge in [0.1, 0.15) is 5.75 Å². The largest absolute Gasteiger partial charge is 0.490 e. The van der Waals surface area contributed by atoms with Gasteiger partial charge in [-0.05, 0) is 51.0 Å². The van der Waals surface area contributed by atoms with Gasteiger partial charge in [0.05, 0.1) is 11.8 Å². The Hall–Kier alpha value is -1.83. The van der Waals surface area contributed by atoms with Crippen molar-refractivity contribution >= 4 is 0 Å². The summed E-state index contributed by atoms with van der Waals surface area (Å²) in [4.78, 5) is 4.48. The van der Waals surface area contributed by atoms with E-state index in [9.17, 15) is 0 Å². The molecule has 0 radical (unpaired) electrons. The number of hydrogen-bond donors (Lipinski definition) is 0. The van der Waals surface area contributed by atoms with E-state index in [-0.39, 0.29) is 6.10 Å². The highest BCUT2D eigenvalue weighted by molar-refractivity contribution is 5.71. The van der Waals surface area contributed by atoms with Crippen molar-refractivity contribution in [1.29, 1.82) is 0 Å². The van der Waals surface area contributed by atoms with Crippen LogP contribution in [0.5, 0.6) is 5.75 Å². The molecule has 2 nitrogen and oxygen atoms in total. The van der Waals surface area contributed by atoms with Crippen molar-refractivity contribution in [2.75, 3.05) is 0 Å². The molecule has 0 spiro atoms. The maximum absolute atomic E-state index is 5.95. The molecule has 1 aromatic heterocycles. The van der Waals surface area contributed by atoms with Gasteiger partial charge in [-0.3, -0.25) is 4.98 Å². The minimum absolute atomic E-state index is 0.161. The van der Waals surface area contributed by atoms with Crippen molar-refractivity contribution in [2.24, 2.45) is 0 Å². The Morgan fingerprint density at radius 3 is 2.39 bits per heavy atom. The molecule has 2 rings (SSSR count). The van der Waals surface area contributed by atoms with Gasteiger partial charge in [0.15, 0.2) is 0 Å². The quantitative estimate of drug-likeness (QED) is 0.805. The smallest absolute Gasteiger partial charge is 0.131 e. The van der Waals surface area contributed by atoms with E-state index in [1.165, 1.54) is 0 Å². The first-order valence-corrected chi connectivity index (χ1v) is 6.28. The number of pyridine rings is 1. The molecule has 0 N–H and O–H groups in total. The van der Waals surface area contributed by atoms with Crippen LogP contribution in [0, 0.1) is 13.8 Å². The number of rotatable bonds is 3. The molecule has 1 heterocycles. The van der Waals surface area contributed by atoms with Crippen LogP contribution in [-0.4, -0.2) is 11.1 Å². The van der Waals surface area contributed by atoms with Gasteiger partial charge in [-0.1, -0.05) is 18.2 Å². The van der Waals surface area contributed by atoms with Crippen LogP contribution in [0.15, 0.2) is 36.5 Å². The van der Waals surface area contributed by atoms with Gasteiger partial charge in [0.2, 0.25) is 0 Å². The number of aryl methyl sites for hydroxylation is 2. The molecule has 2 aromatic rings. The number of aromatic nitrogens is 1. The first-order valence-electron chi connectivity index (χ1n) is 6.28. The zero-order valence-corrected chi connectivity index (χ0v) is 11.4. The monoisotopic (exact) mass is 241 g/mol. The fourth-order valence-corrected chi connectivity index (χ4v) is 2.00. The second kappa shape index (κ2) is 5.21. The highest BCUT2D eigenvalue weighted by atomic mass is 16.5. The van der Waals surface area contributed by atoms with Crippen LogP contribution in [0.4, 0.5) is 0 Å². The van der Waals surface area contributed by atoms with Gasteiger partial charge < -0.3 is 4.74 Å². The Balaban J connectivity index is 2.57. The fraction of sp³-hybridized carbons (Fsp3) is 0.312. The van der Waals surface area contributed by atoms with Crippen molar-refractivity contribution < 1.29 is 4.74 Å². The lowest BCUT2D eigenvalue weighted by molar-refractivity contribution is 0.242. The minimum atomic E-state index is 0.161. The highest BCUT2D eigenvalue weighted by Crippen LogP contribution is 2.33. The zero-order chi connectivity index (χ0) is 13.1. The summed E-state index contributed by atoms with van der Waals surface area (Å²) in [5.74, 6) is 0.939. The Bertz CT molecular complexity index is 547. The van der Waals surface area contributed by atoms with Crippen LogP contribution < -0.4 is 4.74 Å². The van der Waals surface area contributed by atoms with Crippen molar-refractivity contribution in [2.45, 2.75) is 33.8 Å². The average molecular weight is 241 g/mol. The maximum atomic E-state index is 5.95. The predicted octanol–water partition coefficient (Wildman–Crippen LogP) is 4.15. The van der Waals surface area contributed by atoms with Gasteiger partial charge in [-0.25, -0.2) is 0 Å².